The molecule has 2 amide bonds. The Morgan fingerprint density at radius 2 is 1.64 bits per heavy atom. The van der Waals surface area contributed by atoms with Crippen LogP contribution in [-0.4, -0.2) is 32.6 Å². The molecule has 3 aromatic heterocycles. The van der Waals surface area contributed by atoms with Crippen LogP contribution in [0.4, 0.5) is 4.79 Å². The third kappa shape index (κ3) is 4.91. The highest BCUT2D eigenvalue weighted by molar-refractivity contribution is 7.16. The molecule has 3 heterocycles. The molecule has 0 aromatic carbocycles. The van der Waals surface area contributed by atoms with Crippen molar-refractivity contribution in [2.45, 2.75) is 39.3 Å². The first-order valence-electron chi connectivity index (χ1n) is 8.29. The largest absolute Gasteiger partial charge is 0.444 e. The zero-order valence-electron chi connectivity index (χ0n) is 15.7. The van der Waals surface area contributed by atoms with Crippen LogP contribution in [0.25, 0.3) is 21.4 Å². The first kappa shape index (κ1) is 20.4. The molecular weight excluding hydrogens is 418 g/mol. The maximum absolute atomic E-state index is 11.9. The molecule has 0 spiro atoms. The normalized spacial score (nSPS) is 12.6. The van der Waals surface area contributed by atoms with Gasteiger partial charge in [-0.05, 0) is 27.7 Å². The number of thiazole rings is 3. The lowest BCUT2D eigenvalue weighted by Crippen LogP contribution is -2.34. The van der Waals surface area contributed by atoms with Crippen molar-refractivity contribution in [2.75, 3.05) is 0 Å². The molecule has 0 aliphatic rings. The third-order valence-electron chi connectivity index (χ3n) is 3.32. The van der Waals surface area contributed by atoms with E-state index in [-0.39, 0.29) is 11.7 Å². The van der Waals surface area contributed by atoms with Crippen LogP contribution in [0.5, 0.6) is 0 Å². The van der Waals surface area contributed by atoms with E-state index in [0.29, 0.717) is 10.7 Å². The molecule has 28 heavy (non-hydrogen) atoms. The quantitative estimate of drug-likeness (QED) is 0.621. The van der Waals surface area contributed by atoms with Gasteiger partial charge in [-0.3, -0.25) is 4.79 Å². The number of hydrogen-bond donors (Lipinski definition) is 2. The van der Waals surface area contributed by atoms with Crippen molar-refractivity contribution in [3.8, 4) is 21.4 Å². The Labute approximate surface area is 173 Å². The molecule has 3 N–H and O–H groups in total. The second-order valence-corrected chi connectivity index (χ2v) is 9.48. The number of nitrogens with zero attached hydrogens (tertiary/aromatic N) is 3. The number of carbonyl (C=O) groups excluding carboxylic acids is 2. The van der Waals surface area contributed by atoms with Crippen LogP contribution in [0.1, 0.15) is 49.2 Å². The predicted molar refractivity (Wildman–Crippen MR) is 111 cm³/mol. The Kier molecular flexibility index (Phi) is 5.77. The van der Waals surface area contributed by atoms with Gasteiger partial charge in [-0.25, -0.2) is 19.7 Å². The minimum absolute atomic E-state index is 0.229. The average molecular weight is 438 g/mol. The van der Waals surface area contributed by atoms with Crippen molar-refractivity contribution >= 4 is 46.0 Å². The van der Waals surface area contributed by atoms with Gasteiger partial charge in [0, 0.05) is 16.1 Å². The van der Waals surface area contributed by atoms with Gasteiger partial charge in [-0.2, -0.15) is 0 Å². The highest BCUT2D eigenvalue weighted by Crippen LogP contribution is 2.32. The lowest BCUT2D eigenvalue weighted by Gasteiger charge is -2.21. The van der Waals surface area contributed by atoms with E-state index >= 15 is 0 Å². The monoisotopic (exact) mass is 437 g/mol. The first-order valence-corrected chi connectivity index (χ1v) is 10.9. The number of hydrogen-bond acceptors (Lipinski definition) is 9. The topological polar surface area (TPSA) is 120 Å². The zero-order valence-corrected chi connectivity index (χ0v) is 18.1. The lowest BCUT2D eigenvalue weighted by molar-refractivity contribution is 0.0507. The summed E-state index contributed by atoms with van der Waals surface area (Å²) in [5, 5.41) is 10.3. The summed E-state index contributed by atoms with van der Waals surface area (Å²) in [6, 6.07) is -0.287. The Bertz CT molecular complexity index is 1000. The molecule has 11 heteroatoms. The number of amides is 2. The third-order valence-corrected chi connectivity index (χ3v) is 6.08. The van der Waals surface area contributed by atoms with Crippen molar-refractivity contribution in [3.63, 3.8) is 0 Å². The fourth-order valence-electron chi connectivity index (χ4n) is 2.12. The number of aromatic nitrogens is 3. The zero-order chi connectivity index (χ0) is 20.5. The van der Waals surface area contributed by atoms with Crippen LogP contribution in [0.3, 0.4) is 0 Å². The average Bonchev–Trinajstić information content (AvgIpc) is 3.31. The van der Waals surface area contributed by atoms with Gasteiger partial charge in [0.2, 0.25) is 0 Å². The minimum atomic E-state index is -0.562. The Hall–Kier alpha value is -2.37. The van der Waals surface area contributed by atoms with Crippen LogP contribution < -0.4 is 11.1 Å². The van der Waals surface area contributed by atoms with Crippen LogP contribution in [0.15, 0.2) is 16.1 Å². The van der Waals surface area contributed by atoms with Crippen molar-refractivity contribution in [3.05, 3.63) is 26.8 Å². The van der Waals surface area contributed by atoms with Crippen molar-refractivity contribution in [1.82, 2.24) is 20.3 Å². The highest BCUT2D eigenvalue weighted by atomic mass is 32.1. The van der Waals surface area contributed by atoms with Crippen molar-refractivity contribution < 1.29 is 14.3 Å². The van der Waals surface area contributed by atoms with Gasteiger partial charge < -0.3 is 15.8 Å². The summed E-state index contributed by atoms with van der Waals surface area (Å²) in [4.78, 5) is 36.4. The minimum Gasteiger partial charge on any atom is -0.444 e. The van der Waals surface area contributed by atoms with E-state index in [1.807, 2.05) is 38.5 Å². The van der Waals surface area contributed by atoms with Crippen LogP contribution >= 0.6 is 34.0 Å². The molecule has 1 atom stereocenters. The van der Waals surface area contributed by atoms with Gasteiger partial charge >= 0.3 is 6.09 Å². The van der Waals surface area contributed by atoms with Gasteiger partial charge in [-0.1, -0.05) is 0 Å². The van der Waals surface area contributed by atoms with Gasteiger partial charge in [0.15, 0.2) is 0 Å². The van der Waals surface area contributed by atoms with E-state index in [9.17, 15) is 9.59 Å². The summed E-state index contributed by atoms with van der Waals surface area (Å²) in [5.74, 6) is -0.562. The Balaban J connectivity index is 1.71. The van der Waals surface area contributed by atoms with E-state index in [0.717, 1.165) is 15.7 Å². The number of ether oxygens (including phenoxy) is 1. The summed E-state index contributed by atoms with van der Waals surface area (Å²) in [5.41, 5.74) is 6.31. The predicted octanol–water partition coefficient (Wildman–Crippen LogP) is 4.07. The number of primary amides is 1. The molecule has 0 aliphatic carbocycles. The molecule has 0 bridgehead atoms. The van der Waals surface area contributed by atoms with Crippen LogP contribution in [0, 0.1) is 0 Å². The van der Waals surface area contributed by atoms with Gasteiger partial charge in [0.1, 0.15) is 37.7 Å². The van der Waals surface area contributed by atoms with E-state index in [1.54, 1.807) is 5.38 Å². The van der Waals surface area contributed by atoms with E-state index < -0.39 is 17.6 Å². The Morgan fingerprint density at radius 1 is 1.04 bits per heavy atom. The fraction of sp³-hybridized carbons (Fsp3) is 0.353. The van der Waals surface area contributed by atoms with E-state index in [1.165, 1.54) is 34.0 Å². The molecule has 0 saturated carbocycles. The molecule has 0 fully saturated rings. The van der Waals surface area contributed by atoms with Gasteiger partial charge in [-0.15, -0.1) is 34.0 Å². The summed E-state index contributed by atoms with van der Waals surface area (Å²) in [6.07, 6.45) is -0.484. The number of nitrogens with one attached hydrogen (secondary N) is 1. The molecular formula is C17H19N5O3S3. The summed E-state index contributed by atoms with van der Waals surface area (Å²) >= 11 is 4.18. The van der Waals surface area contributed by atoms with Gasteiger partial charge in [0.05, 0.1) is 6.04 Å². The summed E-state index contributed by atoms with van der Waals surface area (Å²) in [7, 11) is 0. The van der Waals surface area contributed by atoms with Crippen molar-refractivity contribution in [1.29, 1.82) is 0 Å². The number of nitrogens with two attached hydrogens (primary N) is 1. The maximum atomic E-state index is 11.9. The first-order chi connectivity index (χ1) is 13.1. The number of carbonyl (C=O) groups is 2. The number of alkyl carbamates (subject to hydrolysis) is 1. The standard InChI is InChI=1S/C17H19N5O3S3/c1-8(19-16(24)25-17(2,3)4)13-21-10(6-26-13)15-22-11(7-28-15)14-20-9(5-27-14)12(18)23/h5-8H,1-4H3,(H2,18,23)(H,19,24)/t8-/m0/s1. The molecule has 0 aliphatic heterocycles. The van der Waals surface area contributed by atoms with E-state index in [2.05, 4.69) is 20.3 Å². The summed E-state index contributed by atoms with van der Waals surface area (Å²) in [6.45, 7) is 7.29. The van der Waals surface area contributed by atoms with Crippen LogP contribution in [-0.2, 0) is 4.74 Å². The second-order valence-electron chi connectivity index (χ2n) is 6.88. The molecule has 0 radical (unpaired) electrons. The SMILES string of the molecule is C[C@H](NC(=O)OC(C)(C)C)c1nc(-c2nc(-c3nc(C(N)=O)cs3)cs2)cs1. The van der Waals surface area contributed by atoms with Crippen LogP contribution in [0.2, 0.25) is 0 Å². The molecule has 8 nitrogen and oxygen atoms in total. The maximum Gasteiger partial charge on any atom is 0.408 e. The fourth-order valence-corrected chi connectivity index (χ4v) is 4.62. The molecule has 3 rings (SSSR count). The second kappa shape index (κ2) is 7.94. The highest BCUT2D eigenvalue weighted by Gasteiger charge is 2.21. The lowest BCUT2D eigenvalue weighted by atomic mass is 10.2. The molecule has 148 valence electrons. The van der Waals surface area contributed by atoms with Gasteiger partial charge in [0.25, 0.3) is 5.91 Å². The molecule has 0 unspecified atom stereocenters. The smallest absolute Gasteiger partial charge is 0.408 e. The Morgan fingerprint density at radius 3 is 2.29 bits per heavy atom. The number of rotatable bonds is 5. The summed E-state index contributed by atoms with van der Waals surface area (Å²) < 4.78 is 5.27. The van der Waals surface area contributed by atoms with E-state index in [4.69, 9.17) is 10.5 Å². The van der Waals surface area contributed by atoms with Crippen molar-refractivity contribution in [2.24, 2.45) is 5.73 Å². The molecule has 0 saturated heterocycles. The molecule has 3 aromatic rings.